The minimum Gasteiger partial charge on any atom is -0.381 e. The number of hydrogen-bond donors (Lipinski definition) is 1. The molecule has 0 bridgehead atoms. The van der Waals surface area contributed by atoms with Crippen LogP contribution in [0.1, 0.15) is 19.8 Å². The van der Waals surface area contributed by atoms with E-state index in [9.17, 15) is 0 Å². The smallest absolute Gasteiger partial charge is 0.149 e. The highest BCUT2D eigenvalue weighted by molar-refractivity contribution is 6.29. The Kier molecular flexibility index (Phi) is 3.07. The van der Waals surface area contributed by atoms with Crippen LogP contribution < -0.4 is 5.32 Å². The zero-order chi connectivity index (χ0) is 10.7. The van der Waals surface area contributed by atoms with Gasteiger partial charge in [0, 0.05) is 18.8 Å². The fraction of sp³-hybridized carbons (Fsp3) is 0.600. The fourth-order valence-electron chi connectivity index (χ4n) is 1.66. The second-order valence-corrected chi connectivity index (χ2v) is 4.41. The third-order valence-corrected chi connectivity index (χ3v) is 2.81. The molecule has 0 unspecified atom stereocenters. The average Bonchev–Trinajstić information content (AvgIpc) is 2.18. The molecule has 1 aliphatic rings. The van der Waals surface area contributed by atoms with Crippen molar-refractivity contribution in [3.63, 3.8) is 0 Å². The number of rotatable bonds is 2. The monoisotopic (exact) mass is 227 g/mol. The van der Waals surface area contributed by atoms with Crippen LogP contribution in [0.5, 0.6) is 0 Å². The molecule has 1 aliphatic heterocycles. The first kappa shape index (κ1) is 10.6. The summed E-state index contributed by atoms with van der Waals surface area (Å²) in [5.41, 5.74) is 0.0393. The Balaban J connectivity index is 2.06. The number of aromatic nitrogens is 2. The van der Waals surface area contributed by atoms with Crippen molar-refractivity contribution in [2.45, 2.75) is 25.3 Å². The third-order valence-electron chi connectivity index (χ3n) is 2.63. The SMILES string of the molecule is CC1(Nc2cncc(Cl)n2)CCOCC1. The molecule has 1 N–H and O–H groups in total. The van der Waals surface area contributed by atoms with Crippen LogP contribution in [0.3, 0.4) is 0 Å². The maximum Gasteiger partial charge on any atom is 0.149 e. The van der Waals surface area contributed by atoms with E-state index in [1.54, 1.807) is 6.20 Å². The molecule has 1 aromatic heterocycles. The first-order chi connectivity index (χ1) is 7.18. The minimum atomic E-state index is 0.0393. The van der Waals surface area contributed by atoms with E-state index < -0.39 is 0 Å². The van der Waals surface area contributed by atoms with Crippen LogP contribution in [0.4, 0.5) is 5.82 Å². The van der Waals surface area contributed by atoms with Gasteiger partial charge < -0.3 is 10.1 Å². The molecule has 0 radical (unpaired) electrons. The lowest BCUT2D eigenvalue weighted by atomic mass is 9.93. The first-order valence-electron chi connectivity index (χ1n) is 5.01. The number of ether oxygens (including phenoxy) is 1. The Hall–Kier alpha value is -0.870. The van der Waals surface area contributed by atoms with Crippen LogP contribution in [-0.2, 0) is 4.74 Å². The van der Waals surface area contributed by atoms with Crippen molar-refractivity contribution in [2.24, 2.45) is 0 Å². The van der Waals surface area contributed by atoms with Crippen LogP contribution in [0.2, 0.25) is 5.15 Å². The van der Waals surface area contributed by atoms with E-state index in [1.165, 1.54) is 6.20 Å². The molecule has 82 valence electrons. The van der Waals surface area contributed by atoms with E-state index >= 15 is 0 Å². The highest BCUT2D eigenvalue weighted by atomic mass is 35.5. The predicted molar refractivity (Wildman–Crippen MR) is 59.1 cm³/mol. The fourth-order valence-corrected chi connectivity index (χ4v) is 1.81. The van der Waals surface area contributed by atoms with Crippen LogP contribution >= 0.6 is 11.6 Å². The summed E-state index contributed by atoms with van der Waals surface area (Å²) >= 11 is 5.77. The number of nitrogens with zero attached hydrogens (tertiary/aromatic N) is 2. The molecule has 5 heteroatoms. The van der Waals surface area contributed by atoms with Gasteiger partial charge in [-0.05, 0) is 19.8 Å². The molecule has 1 aromatic rings. The van der Waals surface area contributed by atoms with Crippen molar-refractivity contribution in [3.8, 4) is 0 Å². The second-order valence-electron chi connectivity index (χ2n) is 4.03. The van der Waals surface area contributed by atoms with Gasteiger partial charge >= 0.3 is 0 Å². The molecule has 0 amide bonds. The Bertz CT molecular complexity index is 339. The molecule has 2 rings (SSSR count). The van der Waals surface area contributed by atoms with E-state index in [1.807, 2.05) is 0 Å². The van der Waals surface area contributed by atoms with E-state index in [2.05, 4.69) is 22.2 Å². The first-order valence-corrected chi connectivity index (χ1v) is 5.39. The summed E-state index contributed by atoms with van der Waals surface area (Å²) in [5.74, 6) is 0.729. The second kappa shape index (κ2) is 4.33. The van der Waals surface area contributed by atoms with Gasteiger partial charge in [0.05, 0.1) is 12.4 Å². The highest BCUT2D eigenvalue weighted by Crippen LogP contribution is 2.24. The Morgan fingerprint density at radius 2 is 2.13 bits per heavy atom. The maximum atomic E-state index is 5.77. The van der Waals surface area contributed by atoms with Gasteiger partial charge in [0.25, 0.3) is 0 Å². The van der Waals surface area contributed by atoms with Gasteiger partial charge in [-0.1, -0.05) is 11.6 Å². The summed E-state index contributed by atoms with van der Waals surface area (Å²) in [5, 5.41) is 3.77. The molecule has 15 heavy (non-hydrogen) atoms. The molecule has 1 saturated heterocycles. The van der Waals surface area contributed by atoms with Gasteiger partial charge in [-0.2, -0.15) is 0 Å². The van der Waals surface area contributed by atoms with Gasteiger partial charge in [-0.3, -0.25) is 4.98 Å². The van der Waals surface area contributed by atoms with Crippen LogP contribution in [0, 0.1) is 0 Å². The number of hydrogen-bond acceptors (Lipinski definition) is 4. The predicted octanol–water partition coefficient (Wildman–Crippen LogP) is 2.11. The number of halogens is 1. The largest absolute Gasteiger partial charge is 0.381 e. The Labute approximate surface area is 94.0 Å². The number of nitrogens with one attached hydrogen (secondary N) is 1. The molecule has 0 saturated carbocycles. The molecule has 0 atom stereocenters. The van der Waals surface area contributed by atoms with Crippen molar-refractivity contribution in [2.75, 3.05) is 18.5 Å². The lowest BCUT2D eigenvalue weighted by Crippen LogP contribution is -2.40. The lowest BCUT2D eigenvalue weighted by molar-refractivity contribution is 0.0657. The summed E-state index contributed by atoms with van der Waals surface area (Å²) in [6, 6.07) is 0. The van der Waals surface area contributed by atoms with Gasteiger partial charge in [-0.25, -0.2) is 4.98 Å². The van der Waals surface area contributed by atoms with E-state index in [-0.39, 0.29) is 5.54 Å². The summed E-state index contributed by atoms with van der Waals surface area (Å²) in [6.07, 6.45) is 5.16. The van der Waals surface area contributed by atoms with E-state index in [4.69, 9.17) is 16.3 Å². The quantitative estimate of drug-likeness (QED) is 0.841. The molecule has 1 fully saturated rings. The lowest BCUT2D eigenvalue weighted by Gasteiger charge is -2.34. The van der Waals surface area contributed by atoms with Crippen molar-refractivity contribution in [1.29, 1.82) is 0 Å². The third kappa shape index (κ3) is 2.79. The molecular formula is C10H14ClN3O. The molecule has 4 nitrogen and oxygen atoms in total. The molecule has 0 aromatic carbocycles. The summed E-state index contributed by atoms with van der Waals surface area (Å²) in [4.78, 5) is 8.16. The zero-order valence-corrected chi connectivity index (χ0v) is 9.42. The number of anilines is 1. The van der Waals surface area contributed by atoms with E-state index in [0.29, 0.717) is 5.15 Å². The van der Waals surface area contributed by atoms with Crippen molar-refractivity contribution >= 4 is 17.4 Å². The summed E-state index contributed by atoms with van der Waals surface area (Å²) in [6.45, 7) is 3.74. The minimum absolute atomic E-state index is 0.0393. The Morgan fingerprint density at radius 3 is 2.80 bits per heavy atom. The zero-order valence-electron chi connectivity index (χ0n) is 8.66. The van der Waals surface area contributed by atoms with Crippen LogP contribution in [0.15, 0.2) is 12.4 Å². The average molecular weight is 228 g/mol. The van der Waals surface area contributed by atoms with Gasteiger partial charge in [0.1, 0.15) is 11.0 Å². The van der Waals surface area contributed by atoms with Gasteiger partial charge in [-0.15, -0.1) is 0 Å². The van der Waals surface area contributed by atoms with Crippen LogP contribution in [0.25, 0.3) is 0 Å². The topological polar surface area (TPSA) is 47.0 Å². The van der Waals surface area contributed by atoms with E-state index in [0.717, 1.165) is 31.9 Å². The maximum absolute atomic E-state index is 5.77. The Morgan fingerprint density at radius 1 is 1.40 bits per heavy atom. The molecule has 0 aliphatic carbocycles. The van der Waals surface area contributed by atoms with Gasteiger partial charge in [0.2, 0.25) is 0 Å². The molecule has 0 spiro atoms. The van der Waals surface area contributed by atoms with Crippen molar-refractivity contribution in [1.82, 2.24) is 9.97 Å². The van der Waals surface area contributed by atoms with Crippen molar-refractivity contribution < 1.29 is 4.74 Å². The van der Waals surface area contributed by atoms with Crippen molar-refractivity contribution in [3.05, 3.63) is 17.5 Å². The highest BCUT2D eigenvalue weighted by Gasteiger charge is 2.27. The summed E-state index contributed by atoms with van der Waals surface area (Å²) in [7, 11) is 0. The molecular weight excluding hydrogens is 214 g/mol. The summed E-state index contributed by atoms with van der Waals surface area (Å²) < 4.78 is 5.32. The molecule has 2 heterocycles. The van der Waals surface area contributed by atoms with Gasteiger partial charge in [0.15, 0.2) is 0 Å². The standard InChI is InChI=1S/C10H14ClN3O/c1-10(2-4-15-5-3-10)14-9-7-12-6-8(11)13-9/h6-7H,2-5H2,1H3,(H,13,14). The normalized spacial score (nSPS) is 19.9. The van der Waals surface area contributed by atoms with Crippen LogP contribution in [-0.4, -0.2) is 28.7 Å².